The van der Waals surface area contributed by atoms with Crippen molar-refractivity contribution in [3.63, 3.8) is 0 Å². The zero-order chi connectivity index (χ0) is 11.3. The molecule has 1 saturated heterocycles. The summed E-state index contributed by atoms with van der Waals surface area (Å²) in [6.45, 7) is 11.7. The predicted octanol–water partition coefficient (Wildman–Crippen LogP) is 1.03. The molecule has 1 heterocycles. The summed E-state index contributed by atoms with van der Waals surface area (Å²) >= 11 is -4.41. The number of hydrogen-bond acceptors (Lipinski definition) is 2. The van der Waals surface area contributed by atoms with Gasteiger partial charge in [-0.1, -0.05) is 0 Å². The van der Waals surface area contributed by atoms with Crippen molar-refractivity contribution in [2.75, 3.05) is 0 Å². The van der Waals surface area contributed by atoms with Gasteiger partial charge in [0.25, 0.3) is 0 Å². The van der Waals surface area contributed by atoms with E-state index >= 15 is 0 Å². The van der Waals surface area contributed by atoms with Crippen molar-refractivity contribution in [1.82, 2.24) is 5.87 Å². The second-order valence-corrected chi connectivity index (χ2v) is 12.7. The number of hydrogen-bond donors (Lipinski definition) is 0. The van der Waals surface area contributed by atoms with Crippen LogP contribution in [0.1, 0.15) is 41.5 Å². The summed E-state index contributed by atoms with van der Waals surface area (Å²) < 4.78 is 27.3. The maximum atomic E-state index is 12.0. The Morgan fingerprint density at radius 1 is 0.714 bits per heavy atom. The van der Waals surface area contributed by atoms with Crippen molar-refractivity contribution in [2.45, 2.75) is 52.6 Å². The topological polar surface area (TPSA) is 40.6 Å². The minimum absolute atomic E-state index is 0.236. The van der Waals surface area contributed by atoms with E-state index in [4.69, 9.17) is 0 Å². The third-order valence-corrected chi connectivity index (χ3v) is 14.2. The fourth-order valence-corrected chi connectivity index (χ4v) is 9.92. The molecule has 0 spiro atoms. The molecule has 0 aromatic rings. The van der Waals surface area contributed by atoms with Crippen LogP contribution in [0.5, 0.6) is 0 Å². The van der Waals surface area contributed by atoms with Gasteiger partial charge in [0.05, 0.1) is 0 Å². The molecule has 0 unspecified atom stereocenters. The quantitative estimate of drug-likeness (QED) is 0.622. The van der Waals surface area contributed by atoms with Crippen LogP contribution in [0.15, 0.2) is 0 Å². The first kappa shape index (κ1) is 12.6. The summed E-state index contributed by atoms with van der Waals surface area (Å²) in [4.78, 5) is 0. The van der Waals surface area contributed by atoms with Crippen molar-refractivity contribution < 1.29 is 7.67 Å². The van der Waals surface area contributed by atoms with E-state index < -0.39 is 28.5 Å². The van der Waals surface area contributed by atoms with Gasteiger partial charge in [0, 0.05) is 0 Å². The molecule has 0 atom stereocenters. The van der Waals surface area contributed by atoms with E-state index in [-0.39, 0.29) is 11.1 Å². The minimum atomic E-state index is -2.21. The molecule has 0 radical (unpaired) electrons. The Morgan fingerprint density at radius 3 is 1.07 bits per heavy atom. The summed E-state index contributed by atoms with van der Waals surface area (Å²) in [6.07, 6.45) is 0. The Bertz CT molecular complexity index is 249. The molecule has 0 saturated carbocycles. The van der Waals surface area contributed by atoms with E-state index in [0.717, 1.165) is 0 Å². The molecule has 1 aliphatic heterocycles. The Balaban J connectivity index is 2.88. The molecule has 84 valence electrons. The third-order valence-electron chi connectivity index (χ3n) is 1.66. The van der Waals surface area contributed by atoms with Crippen molar-refractivity contribution in [3.05, 3.63) is 0 Å². The molecule has 14 heavy (non-hydrogen) atoms. The van der Waals surface area contributed by atoms with Gasteiger partial charge in [-0.2, -0.15) is 0 Å². The molecular formula is C8H18N2O2Se2. The molecule has 0 aromatic carbocycles. The fourth-order valence-electron chi connectivity index (χ4n) is 1.16. The Labute approximate surface area is 94.6 Å². The first-order chi connectivity index (χ1) is 6.07. The van der Waals surface area contributed by atoms with Crippen molar-refractivity contribution >= 4 is 28.5 Å². The Hall–Kier alpha value is 0.559. The van der Waals surface area contributed by atoms with Crippen LogP contribution >= 0.6 is 0 Å². The first-order valence-electron chi connectivity index (χ1n) is 4.51. The van der Waals surface area contributed by atoms with Gasteiger partial charge >= 0.3 is 94.7 Å². The van der Waals surface area contributed by atoms with E-state index in [9.17, 15) is 7.67 Å². The monoisotopic (exact) mass is 334 g/mol. The van der Waals surface area contributed by atoms with Crippen molar-refractivity contribution in [1.29, 1.82) is 0 Å². The van der Waals surface area contributed by atoms with Gasteiger partial charge in [-0.15, -0.1) is 0 Å². The van der Waals surface area contributed by atoms with Gasteiger partial charge in [-0.3, -0.25) is 0 Å². The zero-order valence-corrected chi connectivity index (χ0v) is 13.0. The zero-order valence-electron chi connectivity index (χ0n) is 9.53. The predicted molar refractivity (Wildman–Crippen MR) is 56.1 cm³/mol. The normalized spacial score (nSPS) is 31.6. The van der Waals surface area contributed by atoms with Crippen LogP contribution in [-0.4, -0.2) is 45.5 Å². The molecule has 0 aliphatic carbocycles. The second-order valence-electron chi connectivity index (χ2n) is 5.32. The van der Waals surface area contributed by atoms with E-state index in [2.05, 4.69) is 0 Å². The average Bonchev–Trinajstić information content (AvgIpc) is 1.78. The Kier molecular flexibility index (Phi) is 3.20. The van der Waals surface area contributed by atoms with Crippen LogP contribution in [0, 0.1) is 0 Å². The van der Waals surface area contributed by atoms with Crippen LogP contribution in [0.3, 0.4) is 0 Å². The molecular weight excluding hydrogens is 314 g/mol. The standard InChI is InChI=1S/C8H18N2O2Se2/c1-7(2,3)9-13(11)10(14(9)12)8(4,5)6/h1-6H3. The van der Waals surface area contributed by atoms with Gasteiger partial charge in [0.1, 0.15) is 0 Å². The molecule has 1 rings (SSSR count). The van der Waals surface area contributed by atoms with Gasteiger partial charge < -0.3 is 0 Å². The molecule has 0 aromatic heterocycles. The summed E-state index contributed by atoms with van der Waals surface area (Å²) in [6, 6.07) is 0. The van der Waals surface area contributed by atoms with Crippen LogP contribution in [0.2, 0.25) is 0 Å². The molecule has 1 aliphatic rings. The molecule has 0 N–H and O–H groups in total. The van der Waals surface area contributed by atoms with E-state index in [1.165, 1.54) is 0 Å². The molecule has 6 heteroatoms. The average molecular weight is 332 g/mol. The van der Waals surface area contributed by atoms with E-state index in [1.807, 2.05) is 41.5 Å². The van der Waals surface area contributed by atoms with Gasteiger partial charge in [0.2, 0.25) is 0 Å². The van der Waals surface area contributed by atoms with Gasteiger partial charge in [-0.25, -0.2) is 0 Å². The van der Waals surface area contributed by atoms with Crippen molar-refractivity contribution in [2.24, 2.45) is 0 Å². The molecule has 4 nitrogen and oxygen atoms in total. The maximum absolute atomic E-state index is 12.0. The van der Waals surface area contributed by atoms with Gasteiger partial charge in [0.15, 0.2) is 0 Å². The van der Waals surface area contributed by atoms with Gasteiger partial charge in [-0.05, 0) is 0 Å². The van der Waals surface area contributed by atoms with Crippen LogP contribution < -0.4 is 0 Å². The van der Waals surface area contributed by atoms with Crippen LogP contribution in [0.4, 0.5) is 0 Å². The molecule has 0 amide bonds. The first-order valence-corrected chi connectivity index (χ1v) is 8.97. The van der Waals surface area contributed by atoms with Crippen LogP contribution in [-0.2, 0) is 7.67 Å². The summed E-state index contributed by atoms with van der Waals surface area (Å²) in [5.74, 6) is 0. The summed E-state index contributed by atoms with van der Waals surface area (Å²) in [5, 5.41) is 0. The van der Waals surface area contributed by atoms with Crippen molar-refractivity contribution in [3.8, 4) is 0 Å². The third kappa shape index (κ3) is 2.06. The second kappa shape index (κ2) is 3.55. The number of rotatable bonds is 0. The number of nitrogens with zero attached hydrogens (tertiary/aromatic N) is 2. The molecule has 1 fully saturated rings. The fraction of sp³-hybridized carbons (Fsp3) is 1.00. The Morgan fingerprint density at radius 2 is 0.929 bits per heavy atom. The summed E-state index contributed by atoms with van der Waals surface area (Å²) in [5.41, 5.74) is -0.471. The summed E-state index contributed by atoms with van der Waals surface area (Å²) in [7, 11) is 0. The van der Waals surface area contributed by atoms with Crippen LogP contribution in [0.25, 0.3) is 0 Å². The van der Waals surface area contributed by atoms with E-state index in [0.29, 0.717) is 0 Å². The van der Waals surface area contributed by atoms with E-state index in [1.54, 1.807) is 5.87 Å². The molecule has 0 bridgehead atoms. The SMILES string of the molecule is CC(C)(C)N1[Se](=O)N(C(C)(C)C)[Se]1=O.